The summed E-state index contributed by atoms with van der Waals surface area (Å²) in [6.07, 6.45) is 2.83. The predicted molar refractivity (Wildman–Crippen MR) is 64.8 cm³/mol. The van der Waals surface area contributed by atoms with Gasteiger partial charge < -0.3 is 10.1 Å². The molecule has 1 aromatic carbocycles. The molecule has 2 nitrogen and oxygen atoms in total. The summed E-state index contributed by atoms with van der Waals surface area (Å²) in [6.45, 7) is 2.80. The van der Waals surface area contributed by atoms with Gasteiger partial charge in [-0.25, -0.2) is 0 Å². The van der Waals surface area contributed by atoms with E-state index in [1.54, 1.807) is 0 Å². The lowest BCUT2D eigenvalue weighted by Crippen LogP contribution is -2.25. The van der Waals surface area contributed by atoms with Crippen LogP contribution < -0.4 is 5.32 Å². The van der Waals surface area contributed by atoms with Crippen LogP contribution in [0.1, 0.15) is 18.4 Å². The summed E-state index contributed by atoms with van der Waals surface area (Å²) in [5, 5.41) is 3.43. The molecule has 1 aromatic rings. The lowest BCUT2D eigenvalue weighted by molar-refractivity contribution is 0.110. The molecule has 0 spiro atoms. The fourth-order valence-electron chi connectivity index (χ4n) is 1.81. The van der Waals surface area contributed by atoms with Crippen molar-refractivity contribution in [2.75, 3.05) is 13.2 Å². The zero-order valence-electron chi connectivity index (χ0n) is 8.71. The van der Waals surface area contributed by atoms with E-state index in [1.807, 2.05) is 6.07 Å². The first-order valence-corrected chi connectivity index (χ1v) is 6.21. The van der Waals surface area contributed by atoms with Crippen LogP contribution in [-0.2, 0) is 11.3 Å². The average Bonchev–Trinajstić information content (AvgIpc) is 2.74. The Labute approximate surface area is 99.1 Å². The first-order valence-electron chi connectivity index (χ1n) is 5.42. The quantitative estimate of drug-likeness (QED) is 0.908. The van der Waals surface area contributed by atoms with Crippen LogP contribution in [0.2, 0.25) is 0 Å². The Morgan fingerprint density at radius 2 is 2.27 bits per heavy atom. The van der Waals surface area contributed by atoms with Gasteiger partial charge in [0.25, 0.3) is 0 Å². The Morgan fingerprint density at radius 3 is 3.00 bits per heavy atom. The molecular formula is C12H16BrNO. The second-order valence-electron chi connectivity index (χ2n) is 3.86. The molecule has 15 heavy (non-hydrogen) atoms. The number of nitrogens with one attached hydrogen (secondary N) is 1. The number of hydrogen-bond donors (Lipinski definition) is 1. The molecule has 1 aliphatic rings. The van der Waals surface area contributed by atoms with E-state index >= 15 is 0 Å². The maximum absolute atomic E-state index is 5.55. The molecule has 1 atom stereocenters. The highest BCUT2D eigenvalue weighted by Crippen LogP contribution is 2.16. The summed E-state index contributed by atoms with van der Waals surface area (Å²) in [5.74, 6) is 0. The normalized spacial score (nSPS) is 20.7. The Hall–Kier alpha value is -0.380. The average molecular weight is 270 g/mol. The van der Waals surface area contributed by atoms with E-state index in [9.17, 15) is 0 Å². The van der Waals surface area contributed by atoms with E-state index in [0.29, 0.717) is 6.10 Å². The van der Waals surface area contributed by atoms with Crippen LogP contribution in [0.15, 0.2) is 28.7 Å². The van der Waals surface area contributed by atoms with Gasteiger partial charge in [0, 0.05) is 24.2 Å². The van der Waals surface area contributed by atoms with Crippen LogP contribution in [0.25, 0.3) is 0 Å². The molecule has 0 amide bonds. The van der Waals surface area contributed by atoms with Gasteiger partial charge in [0.05, 0.1) is 6.10 Å². The fraction of sp³-hybridized carbons (Fsp3) is 0.500. The van der Waals surface area contributed by atoms with Gasteiger partial charge in [-0.3, -0.25) is 0 Å². The standard InChI is InChI=1S/C12H16BrNO/c13-12-6-2-1-4-10(12)8-14-9-11-5-3-7-15-11/h1-2,4,6,11,14H,3,5,7-9H2. The van der Waals surface area contributed by atoms with Crippen molar-refractivity contribution >= 4 is 15.9 Å². The molecule has 1 unspecified atom stereocenters. The first-order chi connectivity index (χ1) is 7.36. The maximum atomic E-state index is 5.55. The number of rotatable bonds is 4. The van der Waals surface area contributed by atoms with Crippen LogP contribution in [0.3, 0.4) is 0 Å². The summed E-state index contributed by atoms with van der Waals surface area (Å²) in [6, 6.07) is 8.30. The zero-order valence-corrected chi connectivity index (χ0v) is 10.3. The fourth-order valence-corrected chi connectivity index (χ4v) is 2.24. The molecule has 2 rings (SSSR count). The minimum Gasteiger partial charge on any atom is -0.377 e. The zero-order chi connectivity index (χ0) is 10.5. The third-order valence-electron chi connectivity index (χ3n) is 2.67. The van der Waals surface area contributed by atoms with Gasteiger partial charge in [-0.1, -0.05) is 34.1 Å². The van der Waals surface area contributed by atoms with E-state index in [-0.39, 0.29) is 0 Å². The highest BCUT2D eigenvalue weighted by Gasteiger charge is 2.14. The van der Waals surface area contributed by atoms with Crippen molar-refractivity contribution in [3.8, 4) is 0 Å². The van der Waals surface area contributed by atoms with Crippen LogP contribution in [0.4, 0.5) is 0 Å². The molecule has 82 valence electrons. The van der Waals surface area contributed by atoms with Crippen LogP contribution in [0, 0.1) is 0 Å². The largest absolute Gasteiger partial charge is 0.377 e. The minimum atomic E-state index is 0.424. The van der Waals surface area contributed by atoms with Crippen molar-refractivity contribution in [2.45, 2.75) is 25.5 Å². The number of benzene rings is 1. The van der Waals surface area contributed by atoms with E-state index < -0.39 is 0 Å². The van der Waals surface area contributed by atoms with Crippen molar-refractivity contribution in [1.29, 1.82) is 0 Å². The second-order valence-corrected chi connectivity index (χ2v) is 4.71. The Kier molecular flexibility index (Phi) is 4.18. The van der Waals surface area contributed by atoms with Crippen molar-refractivity contribution in [3.63, 3.8) is 0 Å². The molecule has 0 aliphatic carbocycles. The van der Waals surface area contributed by atoms with Gasteiger partial charge in [-0.2, -0.15) is 0 Å². The molecule has 0 saturated carbocycles. The van der Waals surface area contributed by atoms with E-state index in [2.05, 4.69) is 39.4 Å². The lowest BCUT2D eigenvalue weighted by atomic mass is 10.2. The van der Waals surface area contributed by atoms with Gasteiger partial charge >= 0.3 is 0 Å². The molecule has 1 N–H and O–H groups in total. The second kappa shape index (κ2) is 5.64. The first kappa shape index (κ1) is 11.1. The molecule has 0 radical (unpaired) electrons. The van der Waals surface area contributed by atoms with Gasteiger partial charge in [0.1, 0.15) is 0 Å². The monoisotopic (exact) mass is 269 g/mol. The smallest absolute Gasteiger partial charge is 0.0700 e. The van der Waals surface area contributed by atoms with Crippen LogP contribution in [0.5, 0.6) is 0 Å². The maximum Gasteiger partial charge on any atom is 0.0700 e. The van der Waals surface area contributed by atoms with Crippen molar-refractivity contribution in [1.82, 2.24) is 5.32 Å². The van der Waals surface area contributed by atoms with Gasteiger partial charge in [0.2, 0.25) is 0 Å². The summed E-state index contributed by atoms with van der Waals surface area (Å²) in [7, 11) is 0. The highest BCUT2D eigenvalue weighted by atomic mass is 79.9. The third kappa shape index (κ3) is 3.30. The van der Waals surface area contributed by atoms with Gasteiger partial charge in [-0.05, 0) is 24.5 Å². The van der Waals surface area contributed by atoms with E-state index in [4.69, 9.17) is 4.74 Å². The summed E-state index contributed by atoms with van der Waals surface area (Å²) in [4.78, 5) is 0. The Morgan fingerprint density at radius 1 is 1.40 bits per heavy atom. The van der Waals surface area contributed by atoms with Crippen molar-refractivity contribution < 1.29 is 4.74 Å². The molecule has 3 heteroatoms. The molecular weight excluding hydrogens is 254 g/mol. The van der Waals surface area contributed by atoms with Gasteiger partial charge in [-0.15, -0.1) is 0 Å². The van der Waals surface area contributed by atoms with Crippen molar-refractivity contribution in [3.05, 3.63) is 34.3 Å². The summed E-state index contributed by atoms with van der Waals surface area (Å²) in [5.41, 5.74) is 1.30. The third-order valence-corrected chi connectivity index (χ3v) is 3.44. The molecule has 0 bridgehead atoms. The molecule has 1 saturated heterocycles. The summed E-state index contributed by atoms with van der Waals surface area (Å²) >= 11 is 3.54. The van der Waals surface area contributed by atoms with Crippen LogP contribution >= 0.6 is 15.9 Å². The topological polar surface area (TPSA) is 21.3 Å². The SMILES string of the molecule is Brc1ccccc1CNCC1CCCO1. The van der Waals surface area contributed by atoms with Crippen LogP contribution in [-0.4, -0.2) is 19.3 Å². The van der Waals surface area contributed by atoms with E-state index in [0.717, 1.165) is 19.7 Å². The molecule has 1 heterocycles. The molecule has 0 aromatic heterocycles. The van der Waals surface area contributed by atoms with Gasteiger partial charge in [0.15, 0.2) is 0 Å². The number of hydrogen-bond acceptors (Lipinski definition) is 2. The summed E-state index contributed by atoms with van der Waals surface area (Å²) < 4.78 is 6.72. The minimum absolute atomic E-state index is 0.424. The molecule has 1 aliphatic heterocycles. The number of ether oxygens (including phenoxy) is 1. The Balaban J connectivity index is 1.75. The molecule has 1 fully saturated rings. The number of halogens is 1. The Bertz CT molecular complexity index is 310. The van der Waals surface area contributed by atoms with E-state index in [1.165, 1.54) is 22.9 Å². The van der Waals surface area contributed by atoms with Crippen molar-refractivity contribution in [2.24, 2.45) is 0 Å². The highest BCUT2D eigenvalue weighted by molar-refractivity contribution is 9.10. The predicted octanol–water partition coefficient (Wildman–Crippen LogP) is 2.72. The lowest BCUT2D eigenvalue weighted by Gasteiger charge is -2.11.